The summed E-state index contributed by atoms with van der Waals surface area (Å²) in [6, 6.07) is 10.2. The van der Waals surface area contributed by atoms with Crippen LogP contribution in [-0.4, -0.2) is 0 Å². The maximum Gasteiger partial charge on any atom is 0.123 e. The number of alkyl halides is 1. The van der Waals surface area contributed by atoms with Crippen molar-refractivity contribution in [1.82, 2.24) is 0 Å². The Balaban J connectivity index is 2.41. The van der Waals surface area contributed by atoms with Crippen LogP contribution in [0.1, 0.15) is 21.5 Å². The summed E-state index contributed by atoms with van der Waals surface area (Å²) < 4.78 is 13.1. The van der Waals surface area contributed by atoms with Gasteiger partial charge in [0.25, 0.3) is 0 Å². The van der Waals surface area contributed by atoms with Crippen LogP contribution in [0.2, 0.25) is 10.0 Å². The topological polar surface area (TPSA) is 0 Å². The van der Waals surface area contributed by atoms with Crippen LogP contribution in [0.15, 0.2) is 36.4 Å². The van der Waals surface area contributed by atoms with Crippen molar-refractivity contribution in [2.75, 3.05) is 0 Å². The number of halogens is 4. The van der Waals surface area contributed by atoms with Crippen molar-refractivity contribution in [3.63, 3.8) is 0 Å². The molecular formula is C14H10BrCl2F. The maximum absolute atomic E-state index is 13.1. The molecule has 0 spiro atoms. The van der Waals surface area contributed by atoms with Gasteiger partial charge in [0.2, 0.25) is 0 Å². The van der Waals surface area contributed by atoms with Crippen LogP contribution >= 0.6 is 39.1 Å². The Morgan fingerprint density at radius 1 is 1.06 bits per heavy atom. The van der Waals surface area contributed by atoms with Crippen molar-refractivity contribution in [2.24, 2.45) is 0 Å². The van der Waals surface area contributed by atoms with Gasteiger partial charge in [0.1, 0.15) is 5.82 Å². The lowest BCUT2D eigenvalue weighted by atomic mass is 10.0. The second kappa shape index (κ2) is 5.60. The molecule has 0 aliphatic carbocycles. The fourth-order valence-corrected chi connectivity index (χ4v) is 2.88. The zero-order valence-corrected chi connectivity index (χ0v) is 12.7. The molecule has 0 aromatic heterocycles. The van der Waals surface area contributed by atoms with Gasteiger partial charge in [0.05, 0.1) is 14.9 Å². The van der Waals surface area contributed by atoms with Crippen LogP contribution < -0.4 is 0 Å². The molecule has 0 aliphatic rings. The van der Waals surface area contributed by atoms with E-state index in [1.807, 2.05) is 19.1 Å². The standard InChI is InChI=1S/C14H10BrCl2F/c1-8-6-10(18)3-4-11(8)14(15)9-2-5-12(16)13(17)7-9/h2-7,14H,1H3. The van der Waals surface area contributed by atoms with Crippen molar-refractivity contribution in [1.29, 1.82) is 0 Å². The lowest BCUT2D eigenvalue weighted by Gasteiger charge is -2.14. The van der Waals surface area contributed by atoms with Gasteiger partial charge >= 0.3 is 0 Å². The van der Waals surface area contributed by atoms with Gasteiger partial charge in [-0.05, 0) is 47.9 Å². The van der Waals surface area contributed by atoms with E-state index in [1.165, 1.54) is 12.1 Å². The number of rotatable bonds is 2. The second-order valence-electron chi connectivity index (χ2n) is 4.04. The summed E-state index contributed by atoms with van der Waals surface area (Å²) in [5.41, 5.74) is 2.89. The van der Waals surface area contributed by atoms with E-state index in [2.05, 4.69) is 15.9 Å². The molecule has 0 fully saturated rings. The van der Waals surface area contributed by atoms with E-state index < -0.39 is 0 Å². The van der Waals surface area contributed by atoms with Gasteiger partial charge in [-0.3, -0.25) is 0 Å². The van der Waals surface area contributed by atoms with Crippen molar-refractivity contribution in [3.05, 3.63) is 69.0 Å². The van der Waals surface area contributed by atoms with Crippen LogP contribution in [0.5, 0.6) is 0 Å². The molecule has 0 saturated carbocycles. The van der Waals surface area contributed by atoms with Crippen LogP contribution in [0.4, 0.5) is 4.39 Å². The minimum Gasteiger partial charge on any atom is -0.207 e. The SMILES string of the molecule is Cc1cc(F)ccc1C(Br)c1ccc(Cl)c(Cl)c1. The molecule has 0 nitrogen and oxygen atoms in total. The zero-order chi connectivity index (χ0) is 13.3. The van der Waals surface area contributed by atoms with Crippen molar-refractivity contribution in [3.8, 4) is 0 Å². The molecule has 0 saturated heterocycles. The highest BCUT2D eigenvalue weighted by Crippen LogP contribution is 2.35. The summed E-state index contributed by atoms with van der Waals surface area (Å²) in [5.74, 6) is -0.231. The van der Waals surface area contributed by atoms with Gasteiger partial charge < -0.3 is 0 Å². The first-order valence-electron chi connectivity index (χ1n) is 5.34. The number of hydrogen-bond acceptors (Lipinski definition) is 0. The third kappa shape index (κ3) is 2.87. The molecule has 0 N–H and O–H groups in total. The molecule has 0 aliphatic heterocycles. The molecule has 94 valence electrons. The monoisotopic (exact) mass is 346 g/mol. The lowest BCUT2D eigenvalue weighted by molar-refractivity contribution is 0.626. The van der Waals surface area contributed by atoms with Gasteiger partial charge in [-0.15, -0.1) is 0 Å². The summed E-state index contributed by atoms with van der Waals surface area (Å²) in [4.78, 5) is -0.0344. The normalized spacial score (nSPS) is 12.5. The predicted octanol–water partition coefficient (Wildman–Crippen LogP) is 5.93. The van der Waals surface area contributed by atoms with E-state index in [0.29, 0.717) is 10.0 Å². The summed E-state index contributed by atoms with van der Waals surface area (Å²) in [7, 11) is 0. The molecule has 2 rings (SSSR count). The van der Waals surface area contributed by atoms with Crippen LogP contribution in [-0.2, 0) is 0 Å². The molecule has 0 bridgehead atoms. The quantitative estimate of drug-likeness (QED) is 0.591. The minimum absolute atomic E-state index is 0.0344. The number of benzene rings is 2. The van der Waals surface area contributed by atoms with E-state index in [-0.39, 0.29) is 10.6 Å². The number of aryl methyl sites for hydroxylation is 1. The van der Waals surface area contributed by atoms with Gasteiger partial charge in [-0.1, -0.05) is 51.3 Å². The molecule has 0 heterocycles. The summed E-state index contributed by atoms with van der Waals surface area (Å²) >= 11 is 15.5. The molecule has 2 aromatic carbocycles. The molecular weight excluding hydrogens is 338 g/mol. The fourth-order valence-electron chi connectivity index (χ4n) is 1.77. The van der Waals surface area contributed by atoms with E-state index in [0.717, 1.165) is 16.7 Å². The Bertz CT molecular complexity index is 584. The smallest absolute Gasteiger partial charge is 0.123 e. The summed E-state index contributed by atoms with van der Waals surface area (Å²) in [5, 5.41) is 1.04. The first-order chi connectivity index (χ1) is 8.49. The zero-order valence-electron chi connectivity index (χ0n) is 9.55. The Hall–Kier alpha value is -0.570. The van der Waals surface area contributed by atoms with Gasteiger partial charge in [0.15, 0.2) is 0 Å². The molecule has 0 amide bonds. The number of hydrogen-bond donors (Lipinski definition) is 0. The molecule has 1 atom stereocenters. The van der Waals surface area contributed by atoms with E-state index in [4.69, 9.17) is 23.2 Å². The van der Waals surface area contributed by atoms with Crippen LogP contribution in [0.3, 0.4) is 0 Å². The van der Waals surface area contributed by atoms with Crippen molar-refractivity contribution in [2.45, 2.75) is 11.8 Å². The first kappa shape index (κ1) is 13.9. The fraction of sp³-hybridized carbons (Fsp3) is 0.143. The second-order valence-corrected chi connectivity index (χ2v) is 5.77. The third-order valence-electron chi connectivity index (χ3n) is 2.74. The van der Waals surface area contributed by atoms with E-state index in [9.17, 15) is 4.39 Å². The molecule has 2 aromatic rings. The van der Waals surface area contributed by atoms with Crippen molar-refractivity contribution < 1.29 is 4.39 Å². The Morgan fingerprint density at radius 2 is 1.78 bits per heavy atom. The van der Waals surface area contributed by atoms with Gasteiger partial charge in [-0.25, -0.2) is 4.39 Å². The maximum atomic E-state index is 13.1. The van der Waals surface area contributed by atoms with E-state index in [1.54, 1.807) is 12.1 Å². The highest BCUT2D eigenvalue weighted by molar-refractivity contribution is 9.09. The van der Waals surface area contributed by atoms with Gasteiger partial charge in [-0.2, -0.15) is 0 Å². The minimum atomic E-state index is -0.231. The highest BCUT2D eigenvalue weighted by Gasteiger charge is 2.14. The summed E-state index contributed by atoms with van der Waals surface area (Å²) in [6.45, 7) is 1.88. The molecule has 18 heavy (non-hydrogen) atoms. The lowest BCUT2D eigenvalue weighted by Crippen LogP contribution is -1.96. The average molecular weight is 348 g/mol. The molecule has 0 radical (unpaired) electrons. The average Bonchev–Trinajstić information content (AvgIpc) is 2.32. The molecule has 1 unspecified atom stereocenters. The molecule has 4 heteroatoms. The van der Waals surface area contributed by atoms with Crippen molar-refractivity contribution >= 4 is 39.1 Å². The van der Waals surface area contributed by atoms with Gasteiger partial charge in [0, 0.05) is 0 Å². The predicted molar refractivity (Wildman–Crippen MR) is 78.4 cm³/mol. The Labute approximate surface area is 124 Å². The first-order valence-corrected chi connectivity index (χ1v) is 7.01. The largest absolute Gasteiger partial charge is 0.207 e. The third-order valence-corrected chi connectivity index (χ3v) is 4.50. The Kier molecular flexibility index (Phi) is 4.31. The summed E-state index contributed by atoms with van der Waals surface area (Å²) in [6.07, 6.45) is 0. The Morgan fingerprint density at radius 3 is 2.39 bits per heavy atom. The van der Waals surface area contributed by atoms with Crippen LogP contribution in [0, 0.1) is 12.7 Å². The van der Waals surface area contributed by atoms with E-state index >= 15 is 0 Å². The van der Waals surface area contributed by atoms with Crippen LogP contribution in [0.25, 0.3) is 0 Å². The highest BCUT2D eigenvalue weighted by atomic mass is 79.9.